The van der Waals surface area contributed by atoms with Crippen molar-refractivity contribution in [2.75, 3.05) is 13.2 Å². The zero-order valence-electron chi connectivity index (χ0n) is 25.8. The van der Waals surface area contributed by atoms with E-state index in [0.717, 1.165) is 51.4 Å². The molecule has 6 nitrogen and oxygen atoms in total. The predicted octanol–water partition coefficient (Wildman–Crippen LogP) is 4.32. The smallest absolute Gasteiger partial charge is 0.159 e. The van der Waals surface area contributed by atoms with Crippen molar-refractivity contribution in [3.63, 3.8) is 0 Å². The topological polar surface area (TPSA) is 118 Å². The normalized spacial score (nSPS) is 59.6. The van der Waals surface area contributed by atoms with E-state index in [-0.39, 0.29) is 51.8 Å². The molecule has 6 fully saturated rings. The van der Waals surface area contributed by atoms with E-state index >= 15 is 4.79 Å². The number of aliphatic hydroxyl groups excluding tert-OH is 5. The lowest BCUT2D eigenvalue weighted by atomic mass is 9.25. The largest absolute Gasteiger partial charge is 0.396 e. The standard InChI is InChI=1S/C36H52O6/c1-30-10-6-21-7-12-33-17-27(41)34(20-38,14-13-30)36(21,19-30)25(33)16-23(39)29-31(33,2)11-8-24-32(29,3)22-5-4-9-35(24,26(40)15-22)28(42)18-37/h4-5,16,21-22,24,26-29,37-38,40-42H,6-15,17-20H2,1-3H3/t21-,22-,24+,26+,27+,28-,29+,30-,31-,32+,33-,34+,35+,36+/m1/s1. The van der Waals surface area contributed by atoms with Crippen LogP contribution in [0.2, 0.25) is 0 Å². The summed E-state index contributed by atoms with van der Waals surface area (Å²) in [4.78, 5) is 15.0. The maximum absolute atomic E-state index is 15.0. The van der Waals surface area contributed by atoms with Crippen molar-refractivity contribution in [3.05, 3.63) is 23.8 Å². The molecule has 0 aromatic heterocycles. The molecular formula is C36H52O6. The van der Waals surface area contributed by atoms with Crippen LogP contribution in [-0.2, 0) is 4.79 Å². The summed E-state index contributed by atoms with van der Waals surface area (Å²) >= 11 is 0. The number of ketones is 1. The summed E-state index contributed by atoms with van der Waals surface area (Å²) < 4.78 is 0. The Morgan fingerprint density at radius 2 is 1.74 bits per heavy atom. The summed E-state index contributed by atoms with van der Waals surface area (Å²) in [6.07, 6.45) is 14.4. The van der Waals surface area contributed by atoms with Gasteiger partial charge in [0.15, 0.2) is 5.78 Å². The number of fused-ring (bicyclic) bond motifs is 4. The van der Waals surface area contributed by atoms with Crippen LogP contribution in [0.4, 0.5) is 0 Å². The number of rotatable bonds is 3. The van der Waals surface area contributed by atoms with Crippen LogP contribution in [0.25, 0.3) is 0 Å². The molecule has 9 aliphatic carbocycles. The van der Waals surface area contributed by atoms with Gasteiger partial charge in [-0.15, -0.1) is 0 Å². The number of hydrogen-bond donors (Lipinski definition) is 5. The van der Waals surface area contributed by atoms with E-state index in [2.05, 4.69) is 39.0 Å². The molecule has 1 spiro atoms. The fourth-order valence-corrected chi connectivity index (χ4v) is 15.0. The van der Waals surface area contributed by atoms with Gasteiger partial charge in [-0.25, -0.2) is 0 Å². The van der Waals surface area contributed by atoms with Crippen LogP contribution in [0, 0.1) is 61.6 Å². The molecule has 0 radical (unpaired) electrons. The third-order valence-corrected chi connectivity index (χ3v) is 16.7. The minimum Gasteiger partial charge on any atom is -0.396 e. The number of carbonyl (C=O) groups is 1. The van der Waals surface area contributed by atoms with Gasteiger partial charge in [-0.2, -0.15) is 0 Å². The molecule has 5 N–H and O–H groups in total. The Hall–Kier alpha value is -1.05. The van der Waals surface area contributed by atoms with Gasteiger partial charge in [-0.1, -0.05) is 38.5 Å². The Labute approximate surface area is 250 Å². The zero-order chi connectivity index (χ0) is 29.7. The van der Waals surface area contributed by atoms with Crippen molar-refractivity contribution in [2.45, 2.75) is 116 Å². The minimum atomic E-state index is -1.05. The van der Waals surface area contributed by atoms with Gasteiger partial charge in [0.25, 0.3) is 0 Å². The van der Waals surface area contributed by atoms with Crippen molar-refractivity contribution in [1.82, 2.24) is 0 Å². The van der Waals surface area contributed by atoms with Crippen LogP contribution >= 0.6 is 0 Å². The summed E-state index contributed by atoms with van der Waals surface area (Å²) in [5.74, 6) is 0.193. The van der Waals surface area contributed by atoms with E-state index < -0.39 is 41.2 Å². The second-order valence-corrected chi connectivity index (χ2v) is 17.4. The zero-order valence-corrected chi connectivity index (χ0v) is 25.8. The van der Waals surface area contributed by atoms with Crippen LogP contribution < -0.4 is 0 Å². The van der Waals surface area contributed by atoms with E-state index in [4.69, 9.17) is 0 Å². The second-order valence-electron chi connectivity index (χ2n) is 17.4. The monoisotopic (exact) mass is 580 g/mol. The lowest BCUT2D eigenvalue weighted by molar-refractivity contribution is -0.282. The molecule has 9 rings (SSSR count). The minimum absolute atomic E-state index is 0.00569. The van der Waals surface area contributed by atoms with Crippen molar-refractivity contribution >= 4 is 5.78 Å². The third kappa shape index (κ3) is 2.75. The number of aliphatic hydroxyl groups is 5. The quantitative estimate of drug-likeness (QED) is 0.317. The van der Waals surface area contributed by atoms with E-state index in [9.17, 15) is 25.5 Å². The molecule has 0 aromatic carbocycles. The van der Waals surface area contributed by atoms with Crippen molar-refractivity contribution in [1.29, 1.82) is 0 Å². The first kappa shape index (κ1) is 28.4. The lowest BCUT2D eigenvalue weighted by Crippen LogP contribution is -2.76. The van der Waals surface area contributed by atoms with E-state index in [0.29, 0.717) is 25.2 Å². The van der Waals surface area contributed by atoms with E-state index in [1.54, 1.807) is 0 Å². The molecule has 0 aromatic rings. The van der Waals surface area contributed by atoms with Gasteiger partial charge in [0.2, 0.25) is 0 Å². The molecule has 9 aliphatic rings. The maximum atomic E-state index is 15.0. The predicted molar refractivity (Wildman–Crippen MR) is 158 cm³/mol. The molecule has 0 saturated heterocycles. The van der Waals surface area contributed by atoms with Crippen LogP contribution in [0.5, 0.6) is 0 Å². The highest BCUT2D eigenvalue weighted by molar-refractivity contribution is 5.96. The van der Waals surface area contributed by atoms with Gasteiger partial charge in [-0.05, 0) is 117 Å². The summed E-state index contributed by atoms with van der Waals surface area (Å²) in [5.41, 5.74) is -1.49. The lowest BCUT2D eigenvalue weighted by Gasteiger charge is -2.79. The Balaban J connectivity index is 1.35. The summed E-state index contributed by atoms with van der Waals surface area (Å²) in [5, 5.41) is 56.7. The molecule has 232 valence electrons. The van der Waals surface area contributed by atoms with Gasteiger partial charge in [-0.3, -0.25) is 4.79 Å². The molecule has 0 heterocycles. The highest BCUT2D eigenvalue weighted by atomic mass is 16.3. The molecule has 5 bridgehead atoms. The fourth-order valence-electron chi connectivity index (χ4n) is 15.0. The van der Waals surface area contributed by atoms with Crippen molar-refractivity contribution in [2.24, 2.45) is 61.6 Å². The second kappa shape index (κ2) is 8.40. The highest BCUT2D eigenvalue weighted by Crippen LogP contribution is 2.84. The highest BCUT2D eigenvalue weighted by Gasteiger charge is 2.80. The van der Waals surface area contributed by atoms with Crippen molar-refractivity contribution < 1.29 is 30.3 Å². The summed E-state index contributed by atoms with van der Waals surface area (Å²) in [7, 11) is 0. The van der Waals surface area contributed by atoms with Gasteiger partial charge >= 0.3 is 0 Å². The van der Waals surface area contributed by atoms with Gasteiger partial charge < -0.3 is 25.5 Å². The van der Waals surface area contributed by atoms with Crippen LogP contribution in [0.15, 0.2) is 23.8 Å². The van der Waals surface area contributed by atoms with Gasteiger partial charge in [0, 0.05) is 27.6 Å². The molecule has 6 heteroatoms. The Bertz CT molecular complexity index is 1280. The Kier molecular flexibility index (Phi) is 5.68. The molecule has 0 amide bonds. The summed E-state index contributed by atoms with van der Waals surface area (Å²) in [6.45, 7) is 6.61. The fraction of sp³-hybridized carbons (Fsp3) is 0.861. The molecule has 0 unspecified atom stereocenters. The molecule has 42 heavy (non-hydrogen) atoms. The van der Waals surface area contributed by atoms with Crippen molar-refractivity contribution in [3.8, 4) is 0 Å². The maximum Gasteiger partial charge on any atom is 0.159 e. The first-order valence-corrected chi connectivity index (χ1v) is 17.0. The van der Waals surface area contributed by atoms with Crippen LogP contribution in [-0.4, -0.2) is 62.8 Å². The van der Waals surface area contributed by atoms with Crippen LogP contribution in [0.1, 0.15) is 97.8 Å². The first-order chi connectivity index (χ1) is 19.9. The third-order valence-electron chi connectivity index (χ3n) is 16.7. The van der Waals surface area contributed by atoms with E-state index in [1.807, 2.05) is 0 Å². The van der Waals surface area contributed by atoms with Crippen LogP contribution in [0.3, 0.4) is 0 Å². The SMILES string of the molecule is C[C@@]12CC[C@@H]3CC[C@@]45C[C@H](O)[C@@](CO)(CC1)[C@]3(C2)C4=CC(=O)[C@@H]1[C@@]2(C)[C@@H]3C=CC[C@@]([C@H](O)CO)([C@@H](O)C3)[C@H]2CC[C@]15C. The average molecular weight is 581 g/mol. The number of hydrogen-bond acceptors (Lipinski definition) is 6. The van der Waals surface area contributed by atoms with E-state index in [1.165, 1.54) is 12.0 Å². The molecular weight excluding hydrogens is 528 g/mol. The molecule has 6 saturated carbocycles. The Morgan fingerprint density at radius 1 is 0.976 bits per heavy atom. The van der Waals surface area contributed by atoms with Gasteiger partial charge in [0.1, 0.15) is 0 Å². The summed E-state index contributed by atoms with van der Waals surface area (Å²) in [6, 6.07) is 0. The Morgan fingerprint density at radius 3 is 2.48 bits per heavy atom. The molecule has 14 atom stereocenters. The molecule has 0 aliphatic heterocycles. The van der Waals surface area contributed by atoms with Gasteiger partial charge in [0.05, 0.1) is 31.5 Å². The average Bonchev–Trinajstić information content (AvgIpc) is 3.19. The number of allylic oxidation sites excluding steroid dienone is 4. The first-order valence-electron chi connectivity index (χ1n) is 17.0. The number of carbonyl (C=O) groups excluding carboxylic acids is 1.